The predicted molar refractivity (Wildman–Crippen MR) is 52.2 cm³/mol. The van der Waals surface area contributed by atoms with Crippen molar-refractivity contribution in [2.75, 3.05) is 7.05 Å². The van der Waals surface area contributed by atoms with Crippen LogP contribution in [0.15, 0.2) is 11.2 Å². The van der Waals surface area contributed by atoms with Gasteiger partial charge in [0.2, 0.25) is 0 Å². The molecule has 0 saturated carbocycles. The first-order valence-corrected chi connectivity index (χ1v) is 4.02. The molecule has 0 aliphatic carbocycles. The first kappa shape index (κ1) is 9.51. The summed E-state index contributed by atoms with van der Waals surface area (Å²) in [4.78, 5) is 17.9. The average Bonchev–Trinajstić information content (AvgIpc) is 2.48. The van der Waals surface area contributed by atoms with Gasteiger partial charge in [-0.25, -0.2) is 0 Å². The number of carbonyl (C=O) groups excluding carboxylic acids is 1. The van der Waals surface area contributed by atoms with E-state index in [2.05, 4.69) is 22.0 Å². The molecule has 2 N–H and O–H groups in total. The minimum atomic E-state index is -0.104. The second-order valence-corrected chi connectivity index (χ2v) is 2.77. The number of hydrogen-bond donors (Lipinski definition) is 2. The van der Waals surface area contributed by atoms with Crippen LogP contribution in [-0.2, 0) is 6.54 Å². The van der Waals surface area contributed by atoms with E-state index in [1.165, 1.54) is 0 Å². The maximum absolute atomic E-state index is 11.3. The number of carbonyl (C=O) groups is 1. The van der Waals surface area contributed by atoms with Crippen molar-refractivity contribution >= 4 is 12.6 Å². The van der Waals surface area contributed by atoms with Gasteiger partial charge in [0, 0.05) is 13.2 Å². The number of hydrogen-bond acceptors (Lipinski definition) is 2. The summed E-state index contributed by atoms with van der Waals surface area (Å²) in [6, 6.07) is 0. The monoisotopic (exact) mass is 179 g/mol. The van der Waals surface area contributed by atoms with Crippen molar-refractivity contribution in [3.63, 3.8) is 0 Å². The summed E-state index contributed by atoms with van der Waals surface area (Å²) < 4.78 is 0. The van der Waals surface area contributed by atoms with E-state index in [9.17, 15) is 4.79 Å². The zero-order valence-corrected chi connectivity index (χ0v) is 7.85. The summed E-state index contributed by atoms with van der Waals surface area (Å²) in [5.74, 6) is -0.104. The average molecular weight is 179 g/mol. The normalized spacial score (nSPS) is 9.69. The summed E-state index contributed by atoms with van der Waals surface area (Å²) in [7, 11) is 1.61. The third-order valence-electron chi connectivity index (χ3n) is 1.98. The van der Waals surface area contributed by atoms with Gasteiger partial charge in [-0.15, -0.1) is 0 Å². The summed E-state index contributed by atoms with van der Waals surface area (Å²) in [6.07, 6.45) is 1.79. The van der Waals surface area contributed by atoms with Gasteiger partial charge in [-0.2, -0.15) is 0 Å². The van der Waals surface area contributed by atoms with Gasteiger partial charge in [-0.3, -0.25) is 9.79 Å². The van der Waals surface area contributed by atoms with Crippen LogP contribution in [0.2, 0.25) is 0 Å². The lowest BCUT2D eigenvalue weighted by Crippen LogP contribution is -2.19. The van der Waals surface area contributed by atoms with Gasteiger partial charge in [-0.1, -0.05) is 0 Å². The minimum absolute atomic E-state index is 0.104. The van der Waals surface area contributed by atoms with Gasteiger partial charge in [0.1, 0.15) is 5.69 Å². The second kappa shape index (κ2) is 3.89. The number of H-pyrrole nitrogens is 1. The molecule has 0 fully saturated rings. The van der Waals surface area contributed by atoms with Crippen LogP contribution in [0.3, 0.4) is 0 Å². The van der Waals surface area contributed by atoms with Crippen LogP contribution in [0.1, 0.15) is 21.6 Å². The Bertz CT molecular complexity index is 328. The lowest BCUT2D eigenvalue weighted by Gasteiger charge is -1.98. The molecule has 70 valence electrons. The SMILES string of the molecule is C=NCc1c[nH]c(C(=O)NC)c1C. The number of amides is 1. The van der Waals surface area contributed by atoms with Crippen LogP contribution < -0.4 is 5.32 Å². The Morgan fingerprint density at radius 1 is 1.77 bits per heavy atom. The van der Waals surface area contributed by atoms with E-state index in [0.29, 0.717) is 12.2 Å². The highest BCUT2D eigenvalue weighted by Gasteiger charge is 2.11. The van der Waals surface area contributed by atoms with Crippen molar-refractivity contribution in [2.24, 2.45) is 4.99 Å². The van der Waals surface area contributed by atoms with E-state index in [4.69, 9.17) is 0 Å². The molecule has 0 aromatic carbocycles. The van der Waals surface area contributed by atoms with E-state index < -0.39 is 0 Å². The van der Waals surface area contributed by atoms with Crippen molar-refractivity contribution in [1.82, 2.24) is 10.3 Å². The fourth-order valence-corrected chi connectivity index (χ4v) is 1.18. The Kier molecular flexibility index (Phi) is 2.84. The summed E-state index contributed by atoms with van der Waals surface area (Å²) >= 11 is 0. The molecule has 0 bridgehead atoms. The summed E-state index contributed by atoms with van der Waals surface area (Å²) in [5.41, 5.74) is 2.54. The molecule has 13 heavy (non-hydrogen) atoms. The Hall–Kier alpha value is -1.58. The third-order valence-corrected chi connectivity index (χ3v) is 1.98. The molecular weight excluding hydrogens is 166 g/mol. The molecule has 0 atom stereocenters. The number of aromatic nitrogens is 1. The molecular formula is C9H13N3O. The van der Waals surface area contributed by atoms with Gasteiger partial charge in [0.25, 0.3) is 5.91 Å². The van der Waals surface area contributed by atoms with Crippen LogP contribution in [0.5, 0.6) is 0 Å². The van der Waals surface area contributed by atoms with E-state index in [0.717, 1.165) is 11.1 Å². The fourth-order valence-electron chi connectivity index (χ4n) is 1.18. The third kappa shape index (κ3) is 1.77. The molecule has 0 radical (unpaired) electrons. The van der Waals surface area contributed by atoms with Gasteiger partial charge in [0.05, 0.1) is 6.54 Å². The van der Waals surface area contributed by atoms with Crippen molar-refractivity contribution in [2.45, 2.75) is 13.5 Å². The molecule has 4 nitrogen and oxygen atoms in total. The van der Waals surface area contributed by atoms with Gasteiger partial charge in [-0.05, 0) is 24.8 Å². The van der Waals surface area contributed by atoms with Crippen molar-refractivity contribution in [1.29, 1.82) is 0 Å². The predicted octanol–water partition coefficient (Wildman–Crippen LogP) is 0.883. The lowest BCUT2D eigenvalue weighted by atomic mass is 10.1. The van der Waals surface area contributed by atoms with Crippen molar-refractivity contribution < 1.29 is 4.79 Å². The molecule has 4 heteroatoms. The van der Waals surface area contributed by atoms with E-state index in [1.54, 1.807) is 13.2 Å². The van der Waals surface area contributed by atoms with Gasteiger partial charge >= 0.3 is 0 Å². The highest BCUT2D eigenvalue weighted by atomic mass is 16.1. The smallest absolute Gasteiger partial charge is 0.267 e. The molecule has 1 rings (SSSR count). The molecule has 1 heterocycles. The zero-order chi connectivity index (χ0) is 9.84. The largest absolute Gasteiger partial charge is 0.357 e. The lowest BCUT2D eigenvalue weighted by molar-refractivity contribution is 0.0958. The quantitative estimate of drug-likeness (QED) is 0.665. The fraction of sp³-hybridized carbons (Fsp3) is 0.333. The standard InChI is InChI=1S/C9H13N3O/c1-6-7(4-10-2)5-12-8(6)9(13)11-3/h5,12H,2,4H2,1,3H3,(H,11,13). The van der Waals surface area contributed by atoms with Crippen LogP contribution in [-0.4, -0.2) is 24.7 Å². The Morgan fingerprint density at radius 2 is 2.46 bits per heavy atom. The van der Waals surface area contributed by atoms with E-state index >= 15 is 0 Å². The van der Waals surface area contributed by atoms with Crippen LogP contribution in [0.25, 0.3) is 0 Å². The zero-order valence-electron chi connectivity index (χ0n) is 7.85. The molecule has 0 aliphatic rings. The summed E-state index contributed by atoms with van der Waals surface area (Å²) in [5, 5.41) is 2.56. The summed E-state index contributed by atoms with van der Waals surface area (Å²) in [6.45, 7) is 5.84. The molecule has 0 aliphatic heterocycles. The molecule has 1 amide bonds. The molecule has 1 aromatic heterocycles. The second-order valence-electron chi connectivity index (χ2n) is 2.77. The number of aromatic amines is 1. The van der Waals surface area contributed by atoms with E-state index in [1.807, 2.05) is 6.92 Å². The van der Waals surface area contributed by atoms with Crippen LogP contribution >= 0.6 is 0 Å². The van der Waals surface area contributed by atoms with Crippen LogP contribution in [0.4, 0.5) is 0 Å². The van der Waals surface area contributed by atoms with E-state index in [-0.39, 0.29) is 5.91 Å². The topological polar surface area (TPSA) is 57.2 Å². The van der Waals surface area contributed by atoms with Gasteiger partial charge < -0.3 is 10.3 Å². The molecule has 0 spiro atoms. The number of aliphatic imine (C=N–C) groups is 1. The van der Waals surface area contributed by atoms with Crippen molar-refractivity contribution in [3.8, 4) is 0 Å². The number of nitrogens with one attached hydrogen (secondary N) is 2. The molecule has 0 unspecified atom stereocenters. The Morgan fingerprint density at radius 3 is 3.00 bits per heavy atom. The molecule has 0 saturated heterocycles. The first-order valence-electron chi connectivity index (χ1n) is 4.02. The highest BCUT2D eigenvalue weighted by Crippen LogP contribution is 2.13. The number of nitrogens with zero attached hydrogens (tertiary/aromatic N) is 1. The maximum atomic E-state index is 11.3. The first-order chi connectivity index (χ1) is 6.20. The Balaban J connectivity index is 2.98. The van der Waals surface area contributed by atoms with Gasteiger partial charge in [0.15, 0.2) is 0 Å². The molecule has 1 aromatic rings. The Labute approximate surface area is 77.1 Å². The number of rotatable bonds is 3. The van der Waals surface area contributed by atoms with Crippen molar-refractivity contribution in [3.05, 3.63) is 23.0 Å². The highest BCUT2D eigenvalue weighted by molar-refractivity contribution is 5.93. The van der Waals surface area contributed by atoms with Crippen LogP contribution in [0, 0.1) is 6.92 Å². The maximum Gasteiger partial charge on any atom is 0.267 e. The minimum Gasteiger partial charge on any atom is -0.357 e.